The molecule has 0 aliphatic carbocycles. The van der Waals surface area contributed by atoms with Crippen molar-refractivity contribution in [3.63, 3.8) is 0 Å². The summed E-state index contributed by atoms with van der Waals surface area (Å²) >= 11 is 5.97. The Bertz CT molecular complexity index is 1340. The van der Waals surface area contributed by atoms with Gasteiger partial charge >= 0.3 is 0 Å². The molecular weight excluding hydrogens is 368 g/mol. The van der Waals surface area contributed by atoms with E-state index in [0.717, 1.165) is 5.56 Å². The molecular formula is C19H15ClN4O3. The Labute approximate surface area is 157 Å². The van der Waals surface area contributed by atoms with E-state index in [9.17, 15) is 14.4 Å². The van der Waals surface area contributed by atoms with Gasteiger partial charge in [0.25, 0.3) is 11.1 Å². The lowest BCUT2D eigenvalue weighted by atomic mass is 10.1. The van der Waals surface area contributed by atoms with Gasteiger partial charge in [0.2, 0.25) is 5.43 Å². The van der Waals surface area contributed by atoms with E-state index in [1.165, 1.54) is 4.68 Å². The molecule has 136 valence electrons. The molecule has 1 unspecified atom stereocenters. The molecule has 3 aromatic heterocycles. The quantitative estimate of drug-likeness (QED) is 0.532. The molecule has 0 saturated carbocycles. The van der Waals surface area contributed by atoms with E-state index in [4.69, 9.17) is 11.6 Å². The predicted molar refractivity (Wildman–Crippen MR) is 105 cm³/mol. The van der Waals surface area contributed by atoms with Crippen molar-refractivity contribution in [3.8, 4) is 0 Å². The summed E-state index contributed by atoms with van der Waals surface area (Å²) in [7, 11) is 0. The third-order valence-electron chi connectivity index (χ3n) is 4.61. The van der Waals surface area contributed by atoms with E-state index >= 15 is 0 Å². The van der Waals surface area contributed by atoms with Gasteiger partial charge in [-0.1, -0.05) is 24.6 Å². The first kappa shape index (κ1) is 17.2. The lowest BCUT2D eigenvalue weighted by Gasteiger charge is -2.18. The van der Waals surface area contributed by atoms with Gasteiger partial charge in [0.05, 0.1) is 11.6 Å². The summed E-state index contributed by atoms with van der Waals surface area (Å²) in [6, 6.07) is 7.80. The molecule has 3 heterocycles. The molecule has 0 aliphatic rings. The van der Waals surface area contributed by atoms with E-state index in [1.807, 2.05) is 13.0 Å². The van der Waals surface area contributed by atoms with Gasteiger partial charge in [-0.2, -0.15) is 0 Å². The molecule has 8 heteroatoms. The molecule has 0 bridgehead atoms. The van der Waals surface area contributed by atoms with Gasteiger partial charge in [-0.3, -0.25) is 24.5 Å². The summed E-state index contributed by atoms with van der Waals surface area (Å²) in [5.41, 5.74) is -0.495. The van der Waals surface area contributed by atoms with Gasteiger partial charge in [0.15, 0.2) is 0 Å². The maximum atomic E-state index is 13.1. The first-order valence-electron chi connectivity index (χ1n) is 8.41. The summed E-state index contributed by atoms with van der Waals surface area (Å²) in [5, 5.41) is 3.14. The van der Waals surface area contributed by atoms with Gasteiger partial charge in [-0.05, 0) is 36.2 Å². The van der Waals surface area contributed by atoms with Crippen LogP contribution in [0.4, 0.5) is 0 Å². The summed E-state index contributed by atoms with van der Waals surface area (Å²) in [6.07, 6.45) is 3.80. The van der Waals surface area contributed by atoms with Crippen molar-refractivity contribution in [2.45, 2.75) is 19.4 Å². The monoisotopic (exact) mass is 382 g/mol. The molecule has 2 N–H and O–H groups in total. The Morgan fingerprint density at radius 2 is 2.04 bits per heavy atom. The highest BCUT2D eigenvalue weighted by Crippen LogP contribution is 2.19. The van der Waals surface area contributed by atoms with E-state index in [2.05, 4.69) is 15.1 Å². The van der Waals surface area contributed by atoms with Crippen molar-refractivity contribution in [1.29, 1.82) is 0 Å². The number of nitrogens with one attached hydrogen (secondary N) is 2. The number of benzene rings is 1. The molecule has 0 aliphatic heterocycles. The molecule has 1 atom stereocenters. The largest absolute Gasteiger partial charge is 0.350 e. The Morgan fingerprint density at radius 1 is 1.22 bits per heavy atom. The Balaban J connectivity index is 2.09. The molecule has 0 fully saturated rings. The molecule has 7 nitrogen and oxygen atoms in total. The fourth-order valence-corrected chi connectivity index (χ4v) is 3.51. The van der Waals surface area contributed by atoms with Crippen molar-refractivity contribution in [3.05, 3.63) is 84.2 Å². The lowest BCUT2D eigenvalue weighted by Crippen LogP contribution is -2.36. The van der Waals surface area contributed by atoms with Crippen LogP contribution in [0.25, 0.3) is 21.8 Å². The van der Waals surface area contributed by atoms with Crippen LogP contribution >= 0.6 is 11.6 Å². The fourth-order valence-electron chi connectivity index (χ4n) is 3.33. The van der Waals surface area contributed by atoms with Crippen LogP contribution in [0.1, 0.15) is 24.9 Å². The molecule has 27 heavy (non-hydrogen) atoms. The Hall–Kier alpha value is -3.19. The predicted octanol–water partition coefficient (Wildman–Crippen LogP) is 2.58. The normalized spacial score (nSPS) is 12.5. The van der Waals surface area contributed by atoms with Crippen molar-refractivity contribution < 1.29 is 0 Å². The maximum absolute atomic E-state index is 13.1. The number of halogens is 1. The minimum atomic E-state index is -0.557. The van der Waals surface area contributed by atoms with E-state index < -0.39 is 22.6 Å². The van der Waals surface area contributed by atoms with Crippen LogP contribution in [0.2, 0.25) is 5.02 Å². The molecule has 0 saturated heterocycles. The molecule has 1 aromatic carbocycles. The SMILES string of the molecule is CCC(c1cccnc1)n1[nH]c(=O)c2[nH]c3cc(Cl)ccc3c(=O)c2c1=O. The standard InChI is InChI=1S/C19H15ClN4O3/c1-2-14(10-4-3-7-21-9-10)24-19(27)15-16(18(26)23-24)22-13-8-11(20)5-6-12(13)17(15)25/h3-9,14H,2H2,1H3,(H,22,25)(H,23,26). The topological polar surface area (TPSA) is 101 Å². The van der Waals surface area contributed by atoms with Gasteiger partial charge in [0.1, 0.15) is 10.9 Å². The second-order valence-corrected chi connectivity index (χ2v) is 6.66. The number of pyridine rings is 2. The van der Waals surface area contributed by atoms with Gasteiger partial charge in [-0.15, -0.1) is 0 Å². The van der Waals surface area contributed by atoms with E-state index in [1.54, 1.807) is 36.7 Å². The average molecular weight is 383 g/mol. The highest BCUT2D eigenvalue weighted by Gasteiger charge is 2.20. The highest BCUT2D eigenvalue weighted by molar-refractivity contribution is 6.31. The van der Waals surface area contributed by atoms with Gasteiger partial charge in [-0.25, -0.2) is 4.68 Å². The second-order valence-electron chi connectivity index (χ2n) is 6.22. The zero-order valence-corrected chi connectivity index (χ0v) is 15.1. The number of hydrogen-bond acceptors (Lipinski definition) is 4. The van der Waals surface area contributed by atoms with Gasteiger partial charge < -0.3 is 4.98 Å². The first-order valence-corrected chi connectivity index (χ1v) is 8.79. The Morgan fingerprint density at radius 3 is 2.74 bits per heavy atom. The highest BCUT2D eigenvalue weighted by atomic mass is 35.5. The van der Waals surface area contributed by atoms with Crippen LogP contribution in [0.15, 0.2) is 57.1 Å². The van der Waals surface area contributed by atoms with Crippen molar-refractivity contribution in [1.82, 2.24) is 19.7 Å². The van der Waals surface area contributed by atoms with Crippen molar-refractivity contribution >= 4 is 33.4 Å². The smallest absolute Gasteiger partial charge is 0.287 e. The van der Waals surface area contributed by atoms with Crippen LogP contribution in [0.3, 0.4) is 0 Å². The minimum absolute atomic E-state index is 0.0583. The van der Waals surface area contributed by atoms with Crippen LogP contribution in [-0.2, 0) is 0 Å². The zero-order chi connectivity index (χ0) is 19.1. The molecule has 0 amide bonds. The fraction of sp³-hybridized carbons (Fsp3) is 0.158. The summed E-state index contributed by atoms with van der Waals surface area (Å²) in [6.45, 7) is 1.89. The number of rotatable bonds is 3. The first-order chi connectivity index (χ1) is 13.0. The van der Waals surface area contributed by atoms with Crippen LogP contribution < -0.4 is 16.5 Å². The maximum Gasteiger partial charge on any atom is 0.287 e. The van der Waals surface area contributed by atoms with Crippen LogP contribution in [0, 0.1) is 0 Å². The number of fused-ring (bicyclic) bond motifs is 2. The van der Waals surface area contributed by atoms with E-state index in [-0.39, 0.29) is 10.9 Å². The lowest BCUT2D eigenvalue weighted by molar-refractivity contribution is 0.481. The summed E-state index contributed by atoms with van der Waals surface area (Å²) in [4.78, 5) is 45.6. The Kier molecular flexibility index (Phi) is 4.16. The zero-order valence-electron chi connectivity index (χ0n) is 14.3. The average Bonchev–Trinajstić information content (AvgIpc) is 2.66. The molecule has 0 spiro atoms. The molecule has 4 rings (SSSR count). The van der Waals surface area contributed by atoms with Crippen LogP contribution in [-0.4, -0.2) is 19.7 Å². The summed E-state index contributed by atoms with van der Waals surface area (Å²) < 4.78 is 1.21. The van der Waals surface area contributed by atoms with E-state index in [0.29, 0.717) is 22.3 Å². The van der Waals surface area contributed by atoms with Crippen molar-refractivity contribution in [2.75, 3.05) is 0 Å². The number of aromatic nitrogens is 4. The van der Waals surface area contributed by atoms with Gasteiger partial charge in [0, 0.05) is 22.8 Å². The van der Waals surface area contributed by atoms with Crippen molar-refractivity contribution in [2.24, 2.45) is 0 Å². The molecule has 4 aromatic rings. The number of H-pyrrole nitrogens is 2. The van der Waals surface area contributed by atoms with Crippen LogP contribution in [0.5, 0.6) is 0 Å². The number of aromatic amines is 2. The summed E-state index contributed by atoms with van der Waals surface area (Å²) in [5.74, 6) is 0. The third kappa shape index (κ3) is 2.76. The third-order valence-corrected chi connectivity index (χ3v) is 4.85. The number of nitrogens with zero attached hydrogens (tertiary/aromatic N) is 2. The minimum Gasteiger partial charge on any atom is -0.350 e. The second kappa shape index (κ2) is 6.51. The molecule has 0 radical (unpaired) electrons. The number of hydrogen-bond donors (Lipinski definition) is 2.